The molecule has 0 aromatic heterocycles. The van der Waals surface area contributed by atoms with Crippen LogP contribution in [0.1, 0.15) is 31.7 Å². The average Bonchev–Trinajstić information content (AvgIpc) is 3.17. The van der Waals surface area contributed by atoms with E-state index >= 15 is 0 Å². The molecule has 6 heteroatoms. The van der Waals surface area contributed by atoms with Crippen LogP contribution in [0.3, 0.4) is 0 Å². The van der Waals surface area contributed by atoms with Crippen LogP contribution in [0.4, 0.5) is 0 Å². The van der Waals surface area contributed by atoms with Gasteiger partial charge in [0.05, 0.1) is 5.75 Å². The monoisotopic (exact) mass is 357 g/mol. The van der Waals surface area contributed by atoms with E-state index in [4.69, 9.17) is 11.6 Å². The number of hydrogen-bond donors (Lipinski definition) is 0. The summed E-state index contributed by atoms with van der Waals surface area (Å²) in [6, 6.07) is 7.66. The minimum atomic E-state index is -3.05. The summed E-state index contributed by atoms with van der Waals surface area (Å²) in [5.41, 5.74) is 0.803. The van der Waals surface area contributed by atoms with Gasteiger partial charge in [0.2, 0.25) is 5.91 Å². The predicted octanol–water partition coefficient (Wildman–Crippen LogP) is 2.94. The Morgan fingerprint density at radius 1 is 1.30 bits per heavy atom. The number of nitrogens with zero attached hydrogens (tertiary/aromatic N) is 1. The lowest BCUT2D eigenvalue weighted by Crippen LogP contribution is -2.38. The van der Waals surface area contributed by atoms with Gasteiger partial charge in [0, 0.05) is 30.8 Å². The maximum absolute atomic E-state index is 12.5. The van der Waals surface area contributed by atoms with Crippen LogP contribution in [-0.4, -0.2) is 44.3 Å². The van der Waals surface area contributed by atoms with Crippen LogP contribution in [0.25, 0.3) is 0 Å². The second kappa shape index (κ2) is 6.81. The highest BCUT2D eigenvalue weighted by Gasteiger charge is 2.47. The minimum Gasteiger partial charge on any atom is -0.343 e. The van der Waals surface area contributed by atoms with Gasteiger partial charge in [-0.15, -0.1) is 0 Å². The van der Waals surface area contributed by atoms with Gasteiger partial charge < -0.3 is 4.90 Å². The molecule has 1 aliphatic rings. The van der Waals surface area contributed by atoms with Gasteiger partial charge in [0.1, 0.15) is 9.84 Å². The Morgan fingerprint density at radius 2 is 1.87 bits per heavy atom. The van der Waals surface area contributed by atoms with Gasteiger partial charge in [-0.1, -0.05) is 23.7 Å². The van der Waals surface area contributed by atoms with Gasteiger partial charge in [-0.2, -0.15) is 0 Å². The zero-order chi connectivity index (χ0) is 17.3. The molecule has 128 valence electrons. The number of likely N-dealkylation sites (N-methyl/N-ethyl adjacent to an activating group) is 1. The molecule has 1 aliphatic carbocycles. The van der Waals surface area contributed by atoms with Gasteiger partial charge in [0.25, 0.3) is 0 Å². The summed E-state index contributed by atoms with van der Waals surface area (Å²) in [6.45, 7) is 2.00. The fourth-order valence-electron chi connectivity index (χ4n) is 2.89. The zero-order valence-electron chi connectivity index (χ0n) is 13.9. The number of benzene rings is 1. The number of sulfone groups is 1. The third kappa shape index (κ3) is 5.50. The van der Waals surface area contributed by atoms with Crippen LogP contribution in [0, 0.1) is 5.41 Å². The molecule has 0 N–H and O–H groups in total. The van der Waals surface area contributed by atoms with Crippen molar-refractivity contribution in [3.8, 4) is 0 Å². The molecule has 23 heavy (non-hydrogen) atoms. The van der Waals surface area contributed by atoms with E-state index in [-0.39, 0.29) is 23.1 Å². The highest BCUT2D eigenvalue weighted by molar-refractivity contribution is 7.90. The number of carbonyl (C=O) groups is 1. The van der Waals surface area contributed by atoms with E-state index in [9.17, 15) is 13.2 Å². The van der Waals surface area contributed by atoms with Crippen molar-refractivity contribution in [2.45, 2.75) is 38.6 Å². The summed E-state index contributed by atoms with van der Waals surface area (Å²) in [5, 5.41) is 0.697. The summed E-state index contributed by atoms with van der Waals surface area (Å²) >= 11 is 5.88. The number of hydrogen-bond acceptors (Lipinski definition) is 3. The maximum Gasteiger partial charge on any atom is 0.223 e. The van der Waals surface area contributed by atoms with E-state index < -0.39 is 9.84 Å². The molecule has 2 rings (SSSR count). The molecule has 1 fully saturated rings. The molecule has 0 bridgehead atoms. The standard InChI is InChI=1S/C17H24ClNO3S/c1-13(10-14-4-6-15(18)7-5-14)19(2)16(20)11-17(8-9-17)12-23(3,21)22/h4-7,13H,8-12H2,1-3H3/t13-/m0/s1. The smallest absolute Gasteiger partial charge is 0.223 e. The van der Waals surface area contributed by atoms with Gasteiger partial charge >= 0.3 is 0 Å². The summed E-state index contributed by atoms with van der Waals surface area (Å²) in [4.78, 5) is 14.2. The van der Waals surface area contributed by atoms with E-state index in [2.05, 4.69) is 0 Å². The molecule has 0 radical (unpaired) electrons. The molecule has 4 nitrogen and oxygen atoms in total. The number of rotatable bonds is 7. The lowest BCUT2D eigenvalue weighted by molar-refractivity contribution is -0.132. The topological polar surface area (TPSA) is 54.5 Å². The first kappa shape index (κ1) is 18.3. The van der Waals surface area contributed by atoms with Crippen LogP contribution in [0.5, 0.6) is 0 Å². The average molecular weight is 358 g/mol. The highest BCUT2D eigenvalue weighted by atomic mass is 35.5. The van der Waals surface area contributed by atoms with Crippen molar-refractivity contribution in [3.05, 3.63) is 34.9 Å². The minimum absolute atomic E-state index is 0.0209. The summed E-state index contributed by atoms with van der Waals surface area (Å²) in [6.07, 6.45) is 3.96. The Balaban J connectivity index is 1.92. The van der Waals surface area contributed by atoms with Gasteiger partial charge in [0.15, 0.2) is 0 Å². The summed E-state index contributed by atoms with van der Waals surface area (Å²) in [5.74, 6) is 0.137. The quantitative estimate of drug-likeness (QED) is 0.753. The van der Waals surface area contributed by atoms with Gasteiger partial charge in [-0.3, -0.25) is 4.79 Å². The van der Waals surface area contributed by atoms with E-state index in [1.807, 2.05) is 31.2 Å². The van der Waals surface area contributed by atoms with Crippen molar-refractivity contribution in [1.29, 1.82) is 0 Å². The van der Waals surface area contributed by atoms with Crippen LogP contribution in [0.2, 0.25) is 5.02 Å². The van der Waals surface area contributed by atoms with Crippen LogP contribution < -0.4 is 0 Å². The summed E-state index contributed by atoms with van der Waals surface area (Å²) in [7, 11) is -1.26. The lowest BCUT2D eigenvalue weighted by Gasteiger charge is -2.27. The van der Waals surface area contributed by atoms with Crippen molar-refractivity contribution in [3.63, 3.8) is 0 Å². The number of carbonyl (C=O) groups excluding carboxylic acids is 1. The molecule has 1 amide bonds. The van der Waals surface area contributed by atoms with Crippen LogP contribution in [-0.2, 0) is 21.1 Å². The third-order valence-corrected chi connectivity index (χ3v) is 5.94. The van der Waals surface area contributed by atoms with Crippen molar-refractivity contribution in [2.75, 3.05) is 19.1 Å². The Hall–Kier alpha value is -1.07. The second-order valence-corrected chi connectivity index (χ2v) is 9.51. The zero-order valence-corrected chi connectivity index (χ0v) is 15.5. The molecule has 1 aromatic rings. The maximum atomic E-state index is 12.5. The van der Waals surface area contributed by atoms with Crippen LogP contribution >= 0.6 is 11.6 Å². The highest BCUT2D eigenvalue weighted by Crippen LogP contribution is 2.50. The molecular weight excluding hydrogens is 334 g/mol. The first-order valence-electron chi connectivity index (χ1n) is 7.78. The Kier molecular flexibility index (Phi) is 5.41. The van der Waals surface area contributed by atoms with E-state index in [0.717, 1.165) is 24.8 Å². The fraction of sp³-hybridized carbons (Fsp3) is 0.588. The molecule has 0 spiro atoms. The Bertz CT molecular complexity index is 666. The van der Waals surface area contributed by atoms with Gasteiger partial charge in [-0.05, 0) is 49.3 Å². The molecular formula is C17H24ClNO3S. The second-order valence-electron chi connectivity index (χ2n) is 6.93. The van der Waals surface area contributed by atoms with Crippen LogP contribution in [0.15, 0.2) is 24.3 Å². The molecule has 1 aromatic carbocycles. The molecule has 0 saturated heterocycles. The van der Waals surface area contributed by atoms with E-state index in [1.165, 1.54) is 6.26 Å². The fourth-order valence-corrected chi connectivity index (χ4v) is 4.52. The first-order valence-corrected chi connectivity index (χ1v) is 10.2. The molecule has 0 unspecified atom stereocenters. The predicted molar refractivity (Wildman–Crippen MR) is 93.4 cm³/mol. The normalized spacial score (nSPS) is 17.6. The Labute approximate surface area is 143 Å². The van der Waals surface area contributed by atoms with Crippen molar-refractivity contribution < 1.29 is 13.2 Å². The Morgan fingerprint density at radius 3 is 2.35 bits per heavy atom. The molecule has 0 heterocycles. The molecule has 0 aliphatic heterocycles. The van der Waals surface area contributed by atoms with Gasteiger partial charge in [-0.25, -0.2) is 8.42 Å². The lowest BCUT2D eigenvalue weighted by atomic mass is 10.0. The largest absolute Gasteiger partial charge is 0.343 e. The molecule has 1 saturated carbocycles. The summed E-state index contributed by atoms with van der Waals surface area (Å²) < 4.78 is 23.0. The van der Waals surface area contributed by atoms with Crippen molar-refractivity contribution >= 4 is 27.3 Å². The SMILES string of the molecule is C[C@@H](Cc1ccc(Cl)cc1)N(C)C(=O)CC1(CS(C)(=O)=O)CC1. The van der Waals surface area contributed by atoms with E-state index in [0.29, 0.717) is 11.4 Å². The number of halogens is 1. The van der Waals surface area contributed by atoms with Crippen molar-refractivity contribution in [2.24, 2.45) is 5.41 Å². The number of amides is 1. The third-order valence-electron chi connectivity index (χ3n) is 4.55. The van der Waals surface area contributed by atoms with Crippen molar-refractivity contribution in [1.82, 2.24) is 4.90 Å². The first-order chi connectivity index (χ1) is 10.6. The molecule has 1 atom stereocenters. The van der Waals surface area contributed by atoms with E-state index in [1.54, 1.807) is 11.9 Å².